The van der Waals surface area contributed by atoms with E-state index in [9.17, 15) is 9.59 Å². The lowest BCUT2D eigenvalue weighted by Gasteiger charge is -2.16. The van der Waals surface area contributed by atoms with E-state index >= 15 is 0 Å². The molecule has 0 radical (unpaired) electrons. The Bertz CT molecular complexity index is 925. The summed E-state index contributed by atoms with van der Waals surface area (Å²) in [5, 5.41) is 14.2. The van der Waals surface area contributed by atoms with E-state index in [4.69, 9.17) is 4.74 Å². The SMILES string of the molecule is CCC(NC(=O)OCc1ccccc1)C(=O)Cn1nnnc1CCCn1ccnc1. The molecule has 1 N–H and O–H groups in total. The van der Waals surface area contributed by atoms with Crippen LogP contribution in [-0.4, -0.2) is 47.7 Å². The molecule has 0 aliphatic carbocycles. The summed E-state index contributed by atoms with van der Waals surface area (Å²) < 4.78 is 8.65. The zero-order valence-electron chi connectivity index (χ0n) is 16.8. The minimum absolute atomic E-state index is 0.00905. The maximum absolute atomic E-state index is 12.7. The number of carbonyl (C=O) groups excluding carboxylic acids is 2. The molecule has 0 saturated heterocycles. The molecule has 1 amide bonds. The van der Waals surface area contributed by atoms with Crippen molar-refractivity contribution in [3.8, 4) is 0 Å². The molecule has 1 atom stereocenters. The highest BCUT2D eigenvalue weighted by molar-refractivity contribution is 5.87. The number of benzene rings is 1. The van der Waals surface area contributed by atoms with E-state index < -0.39 is 12.1 Å². The number of imidazole rings is 1. The number of ether oxygens (including phenoxy) is 1. The van der Waals surface area contributed by atoms with Crippen molar-refractivity contribution in [2.75, 3.05) is 0 Å². The van der Waals surface area contributed by atoms with Crippen molar-refractivity contribution in [3.63, 3.8) is 0 Å². The number of ketones is 1. The van der Waals surface area contributed by atoms with E-state index in [1.807, 2.05) is 48.0 Å². The Morgan fingerprint density at radius 3 is 2.80 bits per heavy atom. The number of aryl methyl sites for hydroxylation is 2. The van der Waals surface area contributed by atoms with Gasteiger partial charge in [-0.25, -0.2) is 14.5 Å². The van der Waals surface area contributed by atoms with E-state index in [0.717, 1.165) is 18.5 Å². The van der Waals surface area contributed by atoms with Crippen molar-refractivity contribution in [1.29, 1.82) is 0 Å². The zero-order chi connectivity index (χ0) is 21.2. The van der Waals surface area contributed by atoms with E-state index in [-0.39, 0.29) is 18.9 Å². The number of tetrazole rings is 1. The predicted molar refractivity (Wildman–Crippen MR) is 107 cm³/mol. The maximum Gasteiger partial charge on any atom is 0.408 e. The Hall–Kier alpha value is -3.56. The van der Waals surface area contributed by atoms with Gasteiger partial charge in [0, 0.05) is 25.4 Å². The van der Waals surface area contributed by atoms with Crippen LogP contribution in [0.5, 0.6) is 0 Å². The Labute approximate surface area is 174 Å². The fourth-order valence-electron chi connectivity index (χ4n) is 2.94. The van der Waals surface area contributed by atoms with Gasteiger partial charge >= 0.3 is 6.09 Å². The van der Waals surface area contributed by atoms with Crippen LogP contribution in [0.1, 0.15) is 31.2 Å². The molecule has 158 valence electrons. The van der Waals surface area contributed by atoms with Crippen molar-refractivity contribution >= 4 is 11.9 Å². The minimum Gasteiger partial charge on any atom is -0.445 e. The topological polar surface area (TPSA) is 117 Å². The molecule has 2 heterocycles. The summed E-state index contributed by atoms with van der Waals surface area (Å²) in [5.74, 6) is 0.447. The predicted octanol–water partition coefficient (Wildman–Crippen LogP) is 1.78. The van der Waals surface area contributed by atoms with Gasteiger partial charge in [0.2, 0.25) is 0 Å². The quantitative estimate of drug-likeness (QED) is 0.511. The van der Waals surface area contributed by atoms with Crippen molar-refractivity contribution in [2.45, 2.75) is 51.9 Å². The van der Waals surface area contributed by atoms with Gasteiger partial charge < -0.3 is 14.6 Å². The number of rotatable bonds is 11. The molecular formula is C20H25N7O3. The van der Waals surface area contributed by atoms with Gasteiger partial charge in [0.05, 0.1) is 12.4 Å². The molecule has 3 rings (SSSR count). The summed E-state index contributed by atoms with van der Waals surface area (Å²) in [6.07, 6.45) is 6.62. The van der Waals surface area contributed by atoms with Gasteiger partial charge in [-0.3, -0.25) is 4.79 Å². The Morgan fingerprint density at radius 2 is 2.07 bits per heavy atom. The molecule has 0 aliphatic rings. The van der Waals surface area contributed by atoms with Gasteiger partial charge in [0.25, 0.3) is 0 Å². The summed E-state index contributed by atoms with van der Waals surface area (Å²) in [5.41, 5.74) is 0.876. The van der Waals surface area contributed by atoms with E-state index in [0.29, 0.717) is 18.7 Å². The summed E-state index contributed by atoms with van der Waals surface area (Å²) in [7, 11) is 0. The number of alkyl carbamates (subject to hydrolysis) is 1. The van der Waals surface area contributed by atoms with Gasteiger partial charge in [-0.05, 0) is 28.8 Å². The summed E-state index contributed by atoms with van der Waals surface area (Å²) >= 11 is 0. The third-order valence-electron chi connectivity index (χ3n) is 4.59. The fourth-order valence-corrected chi connectivity index (χ4v) is 2.94. The molecule has 30 heavy (non-hydrogen) atoms. The standard InChI is InChI=1S/C20H25N7O3/c1-2-17(22-20(29)30-14-16-7-4-3-5-8-16)18(28)13-27-19(23-24-25-27)9-6-11-26-12-10-21-15-26/h3-5,7-8,10,12,15,17H,2,6,9,11,13-14H2,1H3,(H,22,29). The molecule has 10 heteroatoms. The molecule has 0 fully saturated rings. The molecule has 1 aromatic carbocycles. The first-order valence-corrected chi connectivity index (χ1v) is 9.86. The van der Waals surface area contributed by atoms with Gasteiger partial charge in [-0.2, -0.15) is 0 Å². The lowest BCUT2D eigenvalue weighted by Crippen LogP contribution is -2.42. The van der Waals surface area contributed by atoms with Crippen molar-refractivity contribution in [1.82, 2.24) is 35.1 Å². The first kappa shape index (κ1) is 21.2. The van der Waals surface area contributed by atoms with Crippen molar-refractivity contribution < 1.29 is 14.3 Å². The lowest BCUT2D eigenvalue weighted by molar-refractivity contribution is -0.121. The average Bonchev–Trinajstić information content (AvgIpc) is 3.43. The van der Waals surface area contributed by atoms with Gasteiger partial charge in [-0.1, -0.05) is 37.3 Å². The van der Waals surface area contributed by atoms with Crippen LogP contribution in [0.4, 0.5) is 4.79 Å². The molecule has 0 bridgehead atoms. The van der Waals surface area contributed by atoms with Crippen LogP contribution >= 0.6 is 0 Å². The molecule has 0 aliphatic heterocycles. The van der Waals surface area contributed by atoms with Crippen molar-refractivity contribution in [3.05, 3.63) is 60.4 Å². The number of Topliss-reactive ketones (excluding diaryl/α,β-unsaturated/α-hetero) is 1. The molecule has 0 saturated carbocycles. The number of carbonyl (C=O) groups is 2. The Morgan fingerprint density at radius 1 is 1.23 bits per heavy atom. The number of nitrogens with one attached hydrogen (secondary N) is 1. The normalized spacial score (nSPS) is 11.8. The highest BCUT2D eigenvalue weighted by atomic mass is 16.5. The van der Waals surface area contributed by atoms with Crippen LogP contribution in [0.2, 0.25) is 0 Å². The summed E-state index contributed by atoms with van der Waals surface area (Å²) in [6, 6.07) is 8.68. The number of nitrogens with zero attached hydrogens (tertiary/aromatic N) is 6. The Kier molecular flexibility index (Phi) is 7.64. The molecule has 0 spiro atoms. The molecular weight excluding hydrogens is 386 g/mol. The van der Waals surface area contributed by atoms with E-state index in [1.165, 1.54) is 4.68 Å². The largest absolute Gasteiger partial charge is 0.445 e. The Balaban J connectivity index is 1.47. The zero-order valence-corrected chi connectivity index (χ0v) is 16.8. The second kappa shape index (κ2) is 10.8. The van der Waals surface area contributed by atoms with Gasteiger partial charge in [-0.15, -0.1) is 5.10 Å². The second-order valence-electron chi connectivity index (χ2n) is 6.79. The van der Waals surface area contributed by atoms with Crippen LogP contribution < -0.4 is 5.32 Å². The van der Waals surface area contributed by atoms with E-state index in [1.54, 1.807) is 12.5 Å². The van der Waals surface area contributed by atoms with Crippen LogP contribution in [0.15, 0.2) is 49.1 Å². The molecule has 2 aromatic heterocycles. The summed E-state index contributed by atoms with van der Waals surface area (Å²) in [4.78, 5) is 28.7. The minimum atomic E-state index is -0.670. The van der Waals surface area contributed by atoms with Crippen LogP contribution in [0, 0.1) is 0 Å². The fraction of sp³-hybridized carbons (Fsp3) is 0.400. The lowest BCUT2D eigenvalue weighted by atomic mass is 10.1. The molecule has 10 nitrogen and oxygen atoms in total. The molecule has 3 aromatic rings. The first-order valence-electron chi connectivity index (χ1n) is 9.86. The average molecular weight is 411 g/mol. The third-order valence-corrected chi connectivity index (χ3v) is 4.59. The number of aromatic nitrogens is 6. The number of hydrogen-bond acceptors (Lipinski definition) is 7. The van der Waals surface area contributed by atoms with Crippen LogP contribution in [0.25, 0.3) is 0 Å². The van der Waals surface area contributed by atoms with Crippen LogP contribution in [0.3, 0.4) is 0 Å². The third kappa shape index (κ3) is 6.23. The highest BCUT2D eigenvalue weighted by Crippen LogP contribution is 2.04. The summed E-state index contributed by atoms with van der Waals surface area (Å²) in [6.45, 7) is 2.75. The monoisotopic (exact) mass is 411 g/mol. The van der Waals surface area contributed by atoms with Gasteiger partial charge in [0.1, 0.15) is 13.2 Å². The highest BCUT2D eigenvalue weighted by Gasteiger charge is 2.21. The smallest absolute Gasteiger partial charge is 0.408 e. The molecule has 1 unspecified atom stereocenters. The number of hydrogen-bond donors (Lipinski definition) is 1. The maximum atomic E-state index is 12.7. The number of amides is 1. The van der Waals surface area contributed by atoms with Crippen LogP contribution in [-0.2, 0) is 35.6 Å². The first-order chi connectivity index (χ1) is 14.7. The van der Waals surface area contributed by atoms with Gasteiger partial charge in [0.15, 0.2) is 11.6 Å². The second-order valence-corrected chi connectivity index (χ2v) is 6.79. The van der Waals surface area contributed by atoms with E-state index in [2.05, 4.69) is 25.8 Å². The van der Waals surface area contributed by atoms with Crippen molar-refractivity contribution in [2.24, 2.45) is 0 Å².